The minimum atomic E-state index is -0.310. The number of amides is 1. The predicted octanol–water partition coefficient (Wildman–Crippen LogP) is 3.92. The molecule has 0 atom stereocenters. The Balaban J connectivity index is 1.48. The number of aromatic nitrogens is 1. The van der Waals surface area contributed by atoms with Gasteiger partial charge in [-0.3, -0.25) is 4.79 Å². The molecule has 2 aromatic carbocycles. The zero-order chi connectivity index (χ0) is 18.4. The highest BCUT2D eigenvalue weighted by molar-refractivity contribution is 9.10. The molecular formula is C19H17BrN2O4. The van der Waals surface area contributed by atoms with Crippen molar-refractivity contribution in [1.82, 2.24) is 10.5 Å². The van der Waals surface area contributed by atoms with E-state index < -0.39 is 0 Å². The molecular weight excluding hydrogens is 400 g/mol. The van der Waals surface area contributed by atoms with Gasteiger partial charge >= 0.3 is 0 Å². The second-order valence-electron chi connectivity index (χ2n) is 5.36. The summed E-state index contributed by atoms with van der Waals surface area (Å²) in [5.74, 6) is 1.70. The van der Waals surface area contributed by atoms with Gasteiger partial charge in [0.05, 0.1) is 13.7 Å². The van der Waals surface area contributed by atoms with E-state index >= 15 is 0 Å². The Hall–Kier alpha value is -2.80. The first-order valence-corrected chi connectivity index (χ1v) is 8.73. The maximum Gasteiger partial charge on any atom is 0.273 e. The molecule has 7 heteroatoms. The fourth-order valence-corrected chi connectivity index (χ4v) is 2.49. The van der Waals surface area contributed by atoms with Gasteiger partial charge in [0.15, 0.2) is 11.5 Å². The molecule has 0 saturated heterocycles. The summed E-state index contributed by atoms with van der Waals surface area (Å²) in [5, 5.41) is 6.56. The number of hydrogen-bond acceptors (Lipinski definition) is 5. The molecule has 0 bridgehead atoms. The summed E-state index contributed by atoms with van der Waals surface area (Å²) in [7, 11) is 1.61. The van der Waals surface area contributed by atoms with Crippen LogP contribution in [0.3, 0.4) is 0 Å². The Kier molecular flexibility index (Phi) is 5.91. The highest BCUT2D eigenvalue weighted by atomic mass is 79.9. The number of carbonyl (C=O) groups excluding carboxylic acids is 1. The third-order valence-electron chi connectivity index (χ3n) is 3.59. The number of nitrogens with zero attached hydrogens (tertiary/aromatic N) is 1. The van der Waals surface area contributed by atoms with Crippen molar-refractivity contribution >= 4 is 21.8 Å². The topological polar surface area (TPSA) is 73.6 Å². The van der Waals surface area contributed by atoms with Crippen molar-refractivity contribution in [2.45, 2.75) is 0 Å². The van der Waals surface area contributed by atoms with E-state index in [0.717, 1.165) is 15.8 Å². The third kappa shape index (κ3) is 4.64. The van der Waals surface area contributed by atoms with Gasteiger partial charge in [0.1, 0.15) is 18.1 Å². The van der Waals surface area contributed by atoms with E-state index in [2.05, 4.69) is 26.4 Å². The molecule has 26 heavy (non-hydrogen) atoms. The monoisotopic (exact) mass is 416 g/mol. The number of methoxy groups -OCH3 is 1. The molecule has 134 valence electrons. The number of hydrogen-bond donors (Lipinski definition) is 1. The van der Waals surface area contributed by atoms with Crippen LogP contribution in [0.25, 0.3) is 11.3 Å². The Labute approximate surface area is 159 Å². The summed E-state index contributed by atoms with van der Waals surface area (Å²) in [4.78, 5) is 12.1. The molecule has 0 saturated carbocycles. The van der Waals surface area contributed by atoms with Crippen molar-refractivity contribution in [3.63, 3.8) is 0 Å². The average Bonchev–Trinajstić information content (AvgIpc) is 3.16. The normalized spacial score (nSPS) is 10.4. The standard InChI is InChI=1S/C19H17BrN2O4/c1-24-15-6-8-16(9-7-15)25-11-10-21-19(23)17-12-18(26-22-17)13-2-4-14(20)5-3-13/h2-9,12H,10-11H2,1H3,(H,21,23). The first-order valence-electron chi connectivity index (χ1n) is 7.93. The lowest BCUT2D eigenvalue weighted by molar-refractivity contribution is 0.0938. The van der Waals surface area contributed by atoms with Gasteiger partial charge in [-0.05, 0) is 36.4 Å². The molecule has 0 aliphatic rings. The Morgan fingerprint density at radius 1 is 1.12 bits per heavy atom. The van der Waals surface area contributed by atoms with Crippen LogP contribution in [0.5, 0.6) is 11.5 Å². The maximum atomic E-state index is 12.1. The van der Waals surface area contributed by atoms with E-state index in [1.165, 1.54) is 0 Å². The summed E-state index contributed by atoms with van der Waals surface area (Å²) < 4.78 is 16.9. The molecule has 0 radical (unpaired) electrons. The van der Waals surface area contributed by atoms with Gasteiger partial charge in [-0.15, -0.1) is 0 Å². The summed E-state index contributed by atoms with van der Waals surface area (Å²) in [6.07, 6.45) is 0. The maximum absolute atomic E-state index is 12.1. The lowest BCUT2D eigenvalue weighted by Crippen LogP contribution is -2.28. The zero-order valence-electron chi connectivity index (χ0n) is 14.1. The van der Waals surface area contributed by atoms with Crippen LogP contribution in [-0.2, 0) is 0 Å². The highest BCUT2D eigenvalue weighted by Gasteiger charge is 2.13. The minimum absolute atomic E-state index is 0.229. The highest BCUT2D eigenvalue weighted by Crippen LogP contribution is 2.22. The van der Waals surface area contributed by atoms with Crippen molar-refractivity contribution in [2.75, 3.05) is 20.3 Å². The summed E-state index contributed by atoms with van der Waals surface area (Å²) in [6.45, 7) is 0.695. The molecule has 1 N–H and O–H groups in total. The third-order valence-corrected chi connectivity index (χ3v) is 4.12. The molecule has 0 aliphatic heterocycles. The molecule has 0 aliphatic carbocycles. The van der Waals surface area contributed by atoms with Crippen LogP contribution in [0.1, 0.15) is 10.5 Å². The van der Waals surface area contributed by atoms with Gasteiger partial charge < -0.3 is 19.3 Å². The van der Waals surface area contributed by atoms with Crippen molar-refractivity contribution in [3.05, 3.63) is 64.8 Å². The minimum Gasteiger partial charge on any atom is -0.497 e. The fourth-order valence-electron chi connectivity index (χ4n) is 2.23. The summed E-state index contributed by atoms with van der Waals surface area (Å²) in [5.41, 5.74) is 1.08. The lowest BCUT2D eigenvalue weighted by atomic mass is 10.1. The number of carbonyl (C=O) groups is 1. The number of rotatable bonds is 7. The molecule has 0 spiro atoms. The molecule has 0 fully saturated rings. The first-order chi connectivity index (χ1) is 12.7. The van der Waals surface area contributed by atoms with Gasteiger partial charge in [0, 0.05) is 16.1 Å². The van der Waals surface area contributed by atoms with Gasteiger partial charge in [-0.25, -0.2) is 0 Å². The van der Waals surface area contributed by atoms with Crippen LogP contribution in [0.4, 0.5) is 0 Å². The van der Waals surface area contributed by atoms with Crippen molar-refractivity contribution in [2.24, 2.45) is 0 Å². The van der Waals surface area contributed by atoms with E-state index in [1.807, 2.05) is 48.5 Å². The van der Waals surface area contributed by atoms with E-state index in [-0.39, 0.29) is 11.6 Å². The first kappa shape index (κ1) is 18.0. The van der Waals surface area contributed by atoms with E-state index in [4.69, 9.17) is 14.0 Å². The molecule has 1 heterocycles. The largest absolute Gasteiger partial charge is 0.497 e. The van der Waals surface area contributed by atoms with Crippen molar-refractivity contribution in [1.29, 1.82) is 0 Å². The number of benzene rings is 2. The fraction of sp³-hybridized carbons (Fsp3) is 0.158. The SMILES string of the molecule is COc1ccc(OCCNC(=O)c2cc(-c3ccc(Br)cc3)on2)cc1. The van der Waals surface area contributed by atoms with E-state index in [0.29, 0.717) is 24.7 Å². The summed E-state index contributed by atoms with van der Waals surface area (Å²) in [6, 6.07) is 16.4. The second-order valence-corrected chi connectivity index (χ2v) is 6.28. The van der Waals surface area contributed by atoms with E-state index in [9.17, 15) is 4.79 Å². The molecule has 6 nitrogen and oxygen atoms in total. The van der Waals surface area contributed by atoms with Crippen LogP contribution in [0.2, 0.25) is 0 Å². The Bertz CT molecular complexity index is 860. The van der Waals surface area contributed by atoms with Crippen molar-refractivity contribution in [3.8, 4) is 22.8 Å². The van der Waals surface area contributed by atoms with Crippen LogP contribution < -0.4 is 14.8 Å². The average molecular weight is 417 g/mol. The smallest absolute Gasteiger partial charge is 0.273 e. The van der Waals surface area contributed by atoms with Crippen LogP contribution >= 0.6 is 15.9 Å². The zero-order valence-corrected chi connectivity index (χ0v) is 15.7. The number of halogens is 1. The van der Waals surface area contributed by atoms with E-state index in [1.54, 1.807) is 13.2 Å². The molecule has 3 aromatic rings. The van der Waals surface area contributed by atoms with Gasteiger partial charge in [0.25, 0.3) is 5.91 Å². The Morgan fingerprint density at radius 2 is 1.81 bits per heavy atom. The molecule has 0 unspecified atom stereocenters. The molecule has 3 rings (SSSR count). The number of nitrogens with one attached hydrogen (secondary N) is 1. The number of ether oxygens (including phenoxy) is 2. The quantitative estimate of drug-likeness (QED) is 0.590. The molecule has 1 aromatic heterocycles. The van der Waals surface area contributed by atoms with Crippen LogP contribution in [0, 0.1) is 0 Å². The molecule has 1 amide bonds. The van der Waals surface area contributed by atoms with Crippen LogP contribution in [0.15, 0.2) is 63.6 Å². The second kappa shape index (κ2) is 8.53. The predicted molar refractivity (Wildman–Crippen MR) is 100 cm³/mol. The van der Waals surface area contributed by atoms with Gasteiger partial charge in [-0.1, -0.05) is 33.2 Å². The van der Waals surface area contributed by atoms with Gasteiger partial charge in [0.2, 0.25) is 0 Å². The van der Waals surface area contributed by atoms with Crippen molar-refractivity contribution < 1.29 is 18.8 Å². The summed E-state index contributed by atoms with van der Waals surface area (Å²) >= 11 is 3.38. The van der Waals surface area contributed by atoms with Crippen LogP contribution in [-0.4, -0.2) is 31.3 Å². The Morgan fingerprint density at radius 3 is 2.50 bits per heavy atom. The van der Waals surface area contributed by atoms with Gasteiger partial charge in [-0.2, -0.15) is 0 Å². The lowest BCUT2D eigenvalue weighted by Gasteiger charge is -2.07.